The topological polar surface area (TPSA) is 20.3 Å². The number of carbonyl (C=O) groups is 1. The third kappa shape index (κ3) is 3.93. The van der Waals surface area contributed by atoms with E-state index in [2.05, 4.69) is 11.8 Å². The highest BCUT2D eigenvalue weighted by Crippen LogP contribution is 2.09. The van der Waals surface area contributed by atoms with Crippen LogP contribution in [0, 0.1) is 5.82 Å². The molecule has 0 amide bonds. The van der Waals surface area contributed by atoms with Crippen LogP contribution in [0.5, 0.6) is 0 Å². The van der Waals surface area contributed by atoms with Gasteiger partial charge >= 0.3 is 0 Å². The zero-order valence-corrected chi connectivity index (χ0v) is 10.7. The molecule has 0 unspecified atom stereocenters. The highest BCUT2D eigenvalue weighted by molar-refractivity contribution is 5.97. The van der Waals surface area contributed by atoms with E-state index in [0.29, 0.717) is 6.04 Å². The zero-order valence-electron chi connectivity index (χ0n) is 10.7. The molecule has 0 aliphatic carbocycles. The Morgan fingerprint density at radius 3 is 2.53 bits per heavy atom. The minimum atomic E-state index is -0.433. The molecule has 0 saturated carbocycles. The maximum atomic E-state index is 13.4. The summed E-state index contributed by atoms with van der Waals surface area (Å²) in [5.41, 5.74) is 0.189. The Labute approximate surface area is 102 Å². The summed E-state index contributed by atoms with van der Waals surface area (Å²) in [6.07, 6.45) is 0.989. The summed E-state index contributed by atoms with van der Waals surface area (Å²) in [5, 5.41) is 0. The number of benzene rings is 1. The van der Waals surface area contributed by atoms with Crippen molar-refractivity contribution in [1.82, 2.24) is 4.90 Å². The third-order valence-electron chi connectivity index (χ3n) is 2.76. The second-order valence-corrected chi connectivity index (χ2v) is 4.47. The van der Waals surface area contributed by atoms with Crippen LogP contribution in [-0.4, -0.2) is 29.8 Å². The van der Waals surface area contributed by atoms with E-state index in [-0.39, 0.29) is 17.9 Å². The number of halogens is 1. The minimum absolute atomic E-state index is 0.148. The molecule has 0 spiro atoms. The molecule has 0 N–H and O–H groups in total. The Bertz CT molecular complexity index is 376. The minimum Gasteiger partial charge on any atom is -0.293 e. The van der Waals surface area contributed by atoms with Gasteiger partial charge in [0, 0.05) is 6.04 Å². The predicted molar refractivity (Wildman–Crippen MR) is 67.7 cm³/mol. The van der Waals surface area contributed by atoms with Gasteiger partial charge in [-0.2, -0.15) is 0 Å². The Kier molecular flexibility index (Phi) is 5.29. The lowest BCUT2D eigenvalue weighted by molar-refractivity contribution is 0.0902. The normalized spacial score (nSPS) is 11.2. The second-order valence-electron chi connectivity index (χ2n) is 4.47. The number of carbonyl (C=O) groups excluding carboxylic acids is 1. The van der Waals surface area contributed by atoms with E-state index in [0.717, 1.165) is 13.0 Å². The number of ketones is 1. The van der Waals surface area contributed by atoms with Crippen molar-refractivity contribution in [3.8, 4) is 0 Å². The van der Waals surface area contributed by atoms with E-state index in [1.54, 1.807) is 18.2 Å². The molecular weight excluding hydrogens is 217 g/mol. The fourth-order valence-electron chi connectivity index (χ4n) is 1.76. The summed E-state index contributed by atoms with van der Waals surface area (Å²) in [5.74, 6) is -0.581. The standard InChI is InChI=1S/C14H20FNO/c1-4-9-16(11(2)3)10-14(17)12-7-5-6-8-13(12)15/h5-8,11H,4,9-10H2,1-3H3. The SMILES string of the molecule is CCCN(CC(=O)c1ccccc1F)C(C)C. The van der Waals surface area contributed by atoms with E-state index in [9.17, 15) is 9.18 Å². The smallest absolute Gasteiger partial charge is 0.179 e. The van der Waals surface area contributed by atoms with E-state index in [1.807, 2.05) is 13.8 Å². The maximum Gasteiger partial charge on any atom is 0.179 e. The van der Waals surface area contributed by atoms with Gasteiger partial charge in [0.2, 0.25) is 0 Å². The second kappa shape index (κ2) is 6.50. The van der Waals surface area contributed by atoms with Crippen LogP contribution in [0.15, 0.2) is 24.3 Å². The summed E-state index contributed by atoms with van der Waals surface area (Å²) in [6.45, 7) is 7.31. The summed E-state index contributed by atoms with van der Waals surface area (Å²) in [7, 11) is 0. The molecule has 0 heterocycles. The van der Waals surface area contributed by atoms with Crippen LogP contribution >= 0.6 is 0 Å². The molecule has 94 valence electrons. The molecule has 0 atom stereocenters. The number of Topliss-reactive ketones (excluding diaryl/α,β-unsaturated/α-hetero) is 1. The number of hydrogen-bond donors (Lipinski definition) is 0. The fourth-order valence-corrected chi connectivity index (χ4v) is 1.76. The highest BCUT2D eigenvalue weighted by Gasteiger charge is 2.16. The van der Waals surface area contributed by atoms with Gasteiger partial charge in [0.15, 0.2) is 5.78 Å². The first-order chi connectivity index (χ1) is 8.06. The van der Waals surface area contributed by atoms with Gasteiger partial charge in [0.25, 0.3) is 0 Å². The van der Waals surface area contributed by atoms with Gasteiger partial charge in [-0.1, -0.05) is 19.1 Å². The van der Waals surface area contributed by atoms with E-state index in [4.69, 9.17) is 0 Å². The monoisotopic (exact) mass is 237 g/mol. The summed E-state index contributed by atoms with van der Waals surface area (Å²) in [6, 6.07) is 6.45. The molecule has 0 fully saturated rings. The largest absolute Gasteiger partial charge is 0.293 e. The first kappa shape index (κ1) is 13.8. The highest BCUT2D eigenvalue weighted by atomic mass is 19.1. The molecule has 0 aromatic heterocycles. The van der Waals surface area contributed by atoms with Crippen LogP contribution < -0.4 is 0 Å². The van der Waals surface area contributed by atoms with Crippen LogP contribution in [0.1, 0.15) is 37.6 Å². The van der Waals surface area contributed by atoms with Crippen molar-refractivity contribution in [3.05, 3.63) is 35.6 Å². The molecule has 0 aliphatic rings. The van der Waals surface area contributed by atoms with Gasteiger partial charge in [-0.25, -0.2) is 4.39 Å². The molecule has 2 nitrogen and oxygen atoms in total. The molecule has 17 heavy (non-hydrogen) atoms. The molecule has 1 aromatic carbocycles. The fraction of sp³-hybridized carbons (Fsp3) is 0.500. The lowest BCUT2D eigenvalue weighted by Gasteiger charge is -2.25. The van der Waals surface area contributed by atoms with Crippen molar-refractivity contribution < 1.29 is 9.18 Å². The average molecular weight is 237 g/mol. The Hall–Kier alpha value is -1.22. The van der Waals surface area contributed by atoms with Crippen molar-refractivity contribution in [2.45, 2.75) is 33.2 Å². The zero-order chi connectivity index (χ0) is 12.8. The Balaban J connectivity index is 2.74. The molecular formula is C14H20FNO. The van der Waals surface area contributed by atoms with Crippen molar-refractivity contribution in [2.24, 2.45) is 0 Å². The summed E-state index contributed by atoms with van der Waals surface area (Å²) < 4.78 is 13.4. The van der Waals surface area contributed by atoms with Crippen LogP contribution in [-0.2, 0) is 0 Å². The number of hydrogen-bond acceptors (Lipinski definition) is 2. The van der Waals surface area contributed by atoms with Crippen molar-refractivity contribution >= 4 is 5.78 Å². The number of nitrogens with zero attached hydrogens (tertiary/aromatic N) is 1. The van der Waals surface area contributed by atoms with Gasteiger partial charge in [0.1, 0.15) is 5.82 Å². The molecule has 3 heteroatoms. The van der Waals surface area contributed by atoms with E-state index < -0.39 is 5.82 Å². The van der Waals surface area contributed by atoms with Gasteiger partial charge in [-0.05, 0) is 38.9 Å². The molecule has 0 radical (unpaired) electrons. The first-order valence-corrected chi connectivity index (χ1v) is 6.08. The summed E-state index contributed by atoms with van der Waals surface area (Å²) in [4.78, 5) is 14.0. The van der Waals surface area contributed by atoms with Crippen LogP contribution in [0.2, 0.25) is 0 Å². The molecule has 0 saturated heterocycles. The number of rotatable bonds is 6. The maximum absolute atomic E-state index is 13.4. The van der Waals surface area contributed by atoms with Crippen molar-refractivity contribution in [2.75, 3.05) is 13.1 Å². The summed E-state index contributed by atoms with van der Waals surface area (Å²) >= 11 is 0. The molecule has 0 bridgehead atoms. The van der Waals surface area contributed by atoms with E-state index in [1.165, 1.54) is 6.07 Å². The van der Waals surface area contributed by atoms with Crippen LogP contribution in [0.4, 0.5) is 4.39 Å². The third-order valence-corrected chi connectivity index (χ3v) is 2.76. The van der Waals surface area contributed by atoms with E-state index >= 15 is 0 Å². The van der Waals surface area contributed by atoms with Gasteiger partial charge < -0.3 is 0 Å². The van der Waals surface area contributed by atoms with Crippen molar-refractivity contribution in [1.29, 1.82) is 0 Å². The first-order valence-electron chi connectivity index (χ1n) is 6.08. The predicted octanol–water partition coefficient (Wildman–Crippen LogP) is 3.13. The average Bonchev–Trinajstić information content (AvgIpc) is 2.28. The molecule has 1 aromatic rings. The molecule has 0 aliphatic heterocycles. The van der Waals surface area contributed by atoms with Crippen molar-refractivity contribution in [3.63, 3.8) is 0 Å². The van der Waals surface area contributed by atoms with Crippen LogP contribution in [0.3, 0.4) is 0 Å². The van der Waals surface area contributed by atoms with Gasteiger partial charge in [-0.3, -0.25) is 9.69 Å². The quantitative estimate of drug-likeness (QED) is 0.708. The Morgan fingerprint density at radius 2 is 2.00 bits per heavy atom. The lowest BCUT2D eigenvalue weighted by atomic mass is 10.1. The lowest BCUT2D eigenvalue weighted by Crippen LogP contribution is -2.36. The van der Waals surface area contributed by atoms with Crippen LogP contribution in [0.25, 0.3) is 0 Å². The Morgan fingerprint density at radius 1 is 1.35 bits per heavy atom. The van der Waals surface area contributed by atoms with Gasteiger partial charge in [-0.15, -0.1) is 0 Å². The molecule has 1 rings (SSSR count). The van der Waals surface area contributed by atoms with Gasteiger partial charge in [0.05, 0.1) is 12.1 Å².